The SMILES string of the molecule is CC(C)N(C(=O)[C@H](C)N)C(C)c1ccccn1. The Morgan fingerprint density at radius 3 is 2.35 bits per heavy atom. The largest absolute Gasteiger partial charge is 0.331 e. The Morgan fingerprint density at radius 2 is 1.94 bits per heavy atom. The van der Waals surface area contributed by atoms with E-state index < -0.39 is 6.04 Å². The molecule has 4 heteroatoms. The second-order valence-corrected chi connectivity index (χ2v) is 4.56. The lowest BCUT2D eigenvalue weighted by atomic mass is 10.1. The molecular weight excluding hydrogens is 214 g/mol. The smallest absolute Gasteiger partial charge is 0.239 e. The summed E-state index contributed by atoms with van der Waals surface area (Å²) < 4.78 is 0. The molecule has 1 amide bonds. The maximum Gasteiger partial charge on any atom is 0.239 e. The number of carbonyl (C=O) groups is 1. The molecule has 1 heterocycles. The van der Waals surface area contributed by atoms with Gasteiger partial charge in [0.2, 0.25) is 5.91 Å². The second kappa shape index (κ2) is 5.77. The molecule has 0 saturated carbocycles. The highest BCUT2D eigenvalue weighted by atomic mass is 16.2. The molecule has 0 aliphatic heterocycles. The quantitative estimate of drug-likeness (QED) is 0.864. The van der Waals surface area contributed by atoms with Crippen molar-refractivity contribution in [3.8, 4) is 0 Å². The lowest BCUT2D eigenvalue weighted by Gasteiger charge is -2.33. The summed E-state index contributed by atoms with van der Waals surface area (Å²) in [5.41, 5.74) is 6.56. The average molecular weight is 235 g/mol. The summed E-state index contributed by atoms with van der Waals surface area (Å²) in [5.74, 6) is -0.0434. The topological polar surface area (TPSA) is 59.2 Å². The van der Waals surface area contributed by atoms with Gasteiger partial charge in [0.15, 0.2) is 0 Å². The fraction of sp³-hybridized carbons (Fsp3) is 0.538. The first-order valence-corrected chi connectivity index (χ1v) is 5.93. The van der Waals surface area contributed by atoms with E-state index in [0.717, 1.165) is 5.69 Å². The van der Waals surface area contributed by atoms with E-state index in [2.05, 4.69) is 4.98 Å². The van der Waals surface area contributed by atoms with Gasteiger partial charge in [-0.2, -0.15) is 0 Å². The van der Waals surface area contributed by atoms with Crippen molar-refractivity contribution in [1.82, 2.24) is 9.88 Å². The fourth-order valence-corrected chi connectivity index (χ4v) is 1.89. The second-order valence-electron chi connectivity index (χ2n) is 4.56. The molecule has 2 atom stereocenters. The minimum absolute atomic E-state index is 0.0434. The molecule has 0 fully saturated rings. The molecule has 1 aromatic heterocycles. The van der Waals surface area contributed by atoms with Crippen LogP contribution in [0.3, 0.4) is 0 Å². The number of amides is 1. The number of nitrogens with two attached hydrogens (primary N) is 1. The van der Waals surface area contributed by atoms with Crippen molar-refractivity contribution < 1.29 is 4.79 Å². The van der Waals surface area contributed by atoms with E-state index in [0.29, 0.717) is 0 Å². The van der Waals surface area contributed by atoms with Crippen molar-refractivity contribution in [2.24, 2.45) is 5.73 Å². The minimum Gasteiger partial charge on any atom is -0.331 e. The van der Waals surface area contributed by atoms with Crippen molar-refractivity contribution in [2.75, 3.05) is 0 Å². The highest BCUT2D eigenvalue weighted by Gasteiger charge is 2.26. The number of carbonyl (C=O) groups excluding carboxylic acids is 1. The van der Waals surface area contributed by atoms with E-state index in [4.69, 9.17) is 5.73 Å². The Hall–Kier alpha value is -1.42. The monoisotopic (exact) mass is 235 g/mol. The van der Waals surface area contributed by atoms with Gasteiger partial charge >= 0.3 is 0 Å². The third-order valence-electron chi connectivity index (χ3n) is 2.73. The number of hydrogen-bond donors (Lipinski definition) is 1. The normalized spacial score (nSPS) is 14.5. The highest BCUT2D eigenvalue weighted by Crippen LogP contribution is 2.21. The summed E-state index contributed by atoms with van der Waals surface area (Å²) in [6.07, 6.45) is 1.74. The van der Waals surface area contributed by atoms with Crippen LogP contribution in [0.1, 0.15) is 39.4 Å². The molecule has 17 heavy (non-hydrogen) atoms. The molecule has 0 aliphatic carbocycles. The Kier molecular flexibility index (Phi) is 4.63. The number of nitrogens with zero attached hydrogens (tertiary/aromatic N) is 2. The van der Waals surface area contributed by atoms with Crippen LogP contribution < -0.4 is 5.73 Å². The molecule has 94 valence electrons. The van der Waals surface area contributed by atoms with Crippen molar-refractivity contribution >= 4 is 5.91 Å². The lowest BCUT2D eigenvalue weighted by Crippen LogP contribution is -2.46. The van der Waals surface area contributed by atoms with Gasteiger partial charge in [0.25, 0.3) is 0 Å². The molecule has 0 saturated heterocycles. The molecule has 0 aromatic carbocycles. The van der Waals surface area contributed by atoms with Gasteiger partial charge in [-0.25, -0.2) is 0 Å². The van der Waals surface area contributed by atoms with Crippen molar-refractivity contribution in [2.45, 2.75) is 45.8 Å². The number of aromatic nitrogens is 1. The number of hydrogen-bond acceptors (Lipinski definition) is 3. The summed E-state index contributed by atoms with van der Waals surface area (Å²) >= 11 is 0. The number of rotatable bonds is 4. The van der Waals surface area contributed by atoms with Crippen LogP contribution in [0.5, 0.6) is 0 Å². The predicted octanol–water partition coefficient (Wildman–Crippen LogP) is 1.73. The van der Waals surface area contributed by atoms with Crippen LogP contribution in [-0.4, -0.2) is 27.9 Å². The number of pyridine rings is 1. The predicted molar refractivity (Wildman–Crippen MR) is 68.3 cm³/mol. The van der Waals surface area contributed by atoms with Gasteiger partial charge in [0.1, 0.15) is 0 Å². The van der Waals surface area contributed by atoms with Crippen LogP contribution in [-0.2, 0) is 4.79 Å². The molecule has 0 bridgehead atoms. The van der Waals surface area contributed by atoms with E-state index in [1.54, 1.807) is 18.0 Å². The van der Waals surface area contributed by atoms with Gasteiger partial charge in [-0.3, -0.25) is 9.78 Å². The Bertz CT molecular complexity index is 362. The molecule has 1 rings (SSSR count). The van der Waals surface area contributed by atoms with Gasteiger partial charge in [-0.15, -0.1) is 0 Å². The van der Waals surface area contributed by atoms with E-state index in [-0.39, 0.29) is 18.0 Å². The first kappa shape index (κ1) is 13.6. The molecule has 4 nitrogen and oxygen atoms in total. The first-order valence-electron chi connectivity index (χ1n) is 5.93. The zero-order valence-corrected chi connectivity index (χ0v) is 10.9. The zero-order valence-electron chi connectivity index (χ0n) is 10.9. The van der Waals surface area contributed by atoms with Crippen LogP contribution in [0, 0.1) is 0 Å². The van der Waals surface area contributed by atoms with E-state index in [1.807, 2.05) is 39.0 Å². The Balaban J connectivity index is 2.96. The summed E-state index contributed by atoms with van der Waals surface area (Å²) in [4.78, 5) is 18.1. The summed E-state index contributed by atoms with van der Waals surface area (Å²) in [6, 6.07) is 5.27. The first-order chi connectivity index (χ1) is 7.95. The third kappa shape index (κ3) is 3.27. The summed E-state index contributed by atoms with van der Waals surface area (Å²) in [5, 5.41) is 0. The molecule has 0 aliphatic rings. The minimum atomic E-state index is -0.483. The lowest BCUT2D eigenvalue weighted by molar-refractivity contribution is -0.136. The van der Waals surface area contributed by atoms with Crippen molar-refractivity contribution in [3.63, 3.8) is 0 Å². The van der Waals surface area contributed by atoms with E-state index in [1.165, 1.54) is 0 Å². The van der Waals surface area contributed by atoms with E-state index in [9.17, 15) is 4.79 Å². The molecule has 0 spiro atoms. The van der Waals surface area contributed by atoms with Crippen LogP contribution in [0.25, 0.3) is 0 Å². The van der Waals surface area contributed by atoms with Crippen LogP contribution in [0.2, 0.25) is 0 Å². The maximum atomic E-state index is 12.1. The highest BCUT2D eigenvalue weighted by molar-refractivity contribution is 5.81. The summed E-state index contributed by atoms with van der Waals surface area (Å²) in [6.45, 7) is 7.66. The molecule has 0 radical (unpaired) electrons. The Morgan fingerprint density at radius 1 is 1.29 bits per heavy atom. The van der Waals surface area contributed by atoms with Crippen LogP contribution in [0.15, 0.2) is 24.4 Å². The molecule has 2 N–H and O–H groups in total. The van der Waals surface area contributed by atoms with Gasteiger partial charge in [-0.05, 0) is 39.8 Å². The maximum absolute atomic E-state index is 12.1. The van der Waals surface area contributed by atoms with Crippen LogP contribution in [0.4, 0.5) is 0 Å². The van der Waals surface area contributed by atoms with Crippen molar-refractivity contribution in [1.29, 1.82) is 0 Å². The fourth-order valence-electron chi connectivity index (χ4n) is 1.89. The van der Waals surface area contributed by atoms with Crippen molar-refractivity contribution in [3.05, 3.63) is 30.1 Å². The van der Waals surface area contributed by atoms with Gasteiger partial charge in [-0.1, -0.05) is 6.07 Å². The standard InChI is InChI=1S/C13H21N3O/c1-9(2)16(13(17)10(3)14)11(4)12-7-5-6-8-15-12/h5-11H,14H2,1-4H3/t10-,11?/m0/s1. The van der Waals surface area contributed by atoms with Crippen LogP contribution >= 0.6 is 0 Å². The zero-order chi connectivity index (χ0) is 13.0. The summed E-state index contributed by atoms with van der Waals surface area (Å²) in [7, 11) is 0. The molecule has 1 aromatic rings. The van der Waals surface area contributed by atoms with Gasteiger partial charge in [0.05, 0.1) is 17.8 Å². The van der Waals surface area contributed by atoms with E-state index >= 15 is 0 Å². The molecule has 1 unspecified atom stereocenters. The Labute approximate surface area is 103 Å². The van der Waals surface area contributed by atoms with Gasteiger partial charge < -0.3 is 10.6 Å². The van der Waals surface area contributed by atoms with Gasteiger partial charge in [0, 0.05) is 12.2 Å². The third-order valence-corrected chi connectivity index (χ3v) is 2.73. The average Bonchev–Trinajstić information content (AvgIpc) is 2.29. The molecular formula is C13H21N3O.